The van der Waals surface area contributed by atoms with E-state index in [0.717, 1.165) is 16.9 Å². The summed E-state index contributed by atoms with van der Waals surface area (Å²) in [5, 5.41) is 14.3. The van der Waals surface area contributed by atoms with Crippen molar-refractivity contribution < 1.29 is 9.59 Å². The lowest BCUT2D eigenvalue weighted by molar-refractivity contribution is 0.0935. The van der Waals surface area contributed by atoms with Crippen LogP contribution in [-0.2, 0) is 12.5 Å². The zero-order chi connectivity index (χ0) is 24.6. The van der Waals surface area contributed by atoms with Gasteiger partial charge in [-0.25, -0.2) is 19.9 Å². The van der Waals surface area contributed by atoms with Crippen molar-refractivity contribution >= 4 is 51.7 Å². The zero-order valence-corrected chi connectivity index (χ0v) is 20.7. The SMILES string of the molecule is CC(NC(=O)c1ncnc2c1ncn2C)c1ncc(C(=O)Nc2cc(C(C)(C)C)c(Cl)nn2)s1. The second-order valence-electron chi connectivity index (χ2n) is 8.65. The van der Waals surface area contributed by atoms with E-state index in [9.17, 15) is 9.59 Å². The highest BCUT2D eigenvalue weighted by Gasteiger charge is 2.23. The lowest BCUT2D eigenvalue weighted by Gasteiger charge is -2.20. The van der Waals surface area contributed by atoms with Gasteiger partial charge in [-0.3, -0.25) is 9.59 Å². The van der Waals surface area contributed by atoms with Gasteiger partial charge in [-0.1, -0.05) is 32.4 Å². The van der Waals surface area contributed by atoms with Crippen molar-refractivity contribution in [1.82, 2.24) is 40.0 Å². The van der Waals surface area contributed by atoms with Crippen LogP contribution in [0.4, 0.5) is 5.82 Å². The fourth-order valence-electron chi connectivity index (χ4n) is 3.17. The molecule has 2 N–H and O–H groups in total. The summed E-state index contributed by atoms with van der Waals surface area (Å²) in [6, 6.07) is 1.24. The fourth-order valence-corrected chi connectivity index (χ4v) is 4.36. The Hall–Kier alpha value is -3.51. The Labute approximate surface area is 204 Å². The summed E-state index contributed by atoms with van der Waals surface area (Å²) in [7, 11) is 1.79. The minimum atomic E-state index is -0.462. The summed E-state index contributed by atoms with van der Waals surface area (Å²) in [5.41, 5.74) is 1.64. The smallest absolute Gasteiger partial charge is 0.272 e. The first-order valence-electron chi connectivity index (χ1n) is 10.3. The van der Waals surface area contributed by atoms with Crippen LogP contribution < -0.4 is 10.6 Å². The molecule has 0 aliphatic heterocycles. The van der Waals surface area contributed by atoms with E-state index in [0.29, 0.717) is 32.0 Å². The van der Waals surface area contributed by atoms with E-state index >= 15 is 0 Å². The van der Waals surface area contributed by atoms with Crippen LogP contribution in [0.5, 0.6) is 0 Å². The van der Waals surface area contributed by atoms with Crippen molar-refractivity contribution in [2.45, 2.75) is 39.2 Å². The number of halogens is 1. The third-order valence-electron chi connectivity index (χ3n) is 4.98. The number of hydrogen-bond acceptors (Lipinski definition) is 9. The van der Waals surface area contributed by atoms with Crippen molar-refractivity contribution in [3.63, 3.8) is 0 Å². The average molecular weight is 500 g/mol. The molecule has 4 aromatic heterocycles. The molecule has 0 bridgehead atoms. The van der Waals surface area contributed by atoms with E-state index in [1.807, 2.05) is 20.8 Å². The van der Waals surface area contributed by atoms with Crippen LogP contribution in [0.1, 0.15) is 64.5 Å². The van der Waals surface area contributed by atoms with E-state index < -0.39 is 11.9 Å². The van der Waals surface area contributed by atoms with Crippen LogP contribution in [0.2, 0.25) is 5.15 Å². The number of carbonyl (C=O) groups excluding carboxylic acids is 2. The molecule has 13 heteroatoms. The number of hydrogen-bond donors (Lipinski definition) is 2. The molecule has 0 saturated heterocycles. The van der Waals surface area contributed by atoms with Crippen LogP contribution in [0.3, 0.4) is 0 Å². The number of rotatable bonds is 5. The van der Waals surface area contributed by atoms with Gasteiger partial charge in [0.05, 0.1) is 18.6 Å². The van der Waals surface area contributed by atoms with Crippen LogP contribution in [0, 0.1) is 0 Å². The van der Waals surface area contributed by atoms with Gasteiger partial charge in [0.1, 0.15) is 21.7 Å². The Bertz CT molecular complexity index is 1390. The molecule has 0 aliphatic rings. The lowest BCUT2D eigenvalue weighted by atomic mass is 9.88. The van der Waals surface area contributed by atoms with Crippen molar-refractivity contribution in [2.75, 3.05) is 5.32 Å². The summed E-state index contributed by atoms with van der Waals surface area (Å²) in [5.74, 6) is -0.505. The zero-order valence-electron chi connectivity index (χ0n) is 19.1. The first-order chi connectivity index (χ1) is 16.0. The van der Waals surface area contributed by atoms with Crippen molar-refractivity contribution in [3.05, 3.63) is 51.2 Å². The molecule has 34 heavy (non-hydrogen) atoms. The van der Waals surface area contributed by atoms with Gasteiger partial charge in [0.25, 0.3) is 11.8 Å². The number of aromatic nitrogens is 7. The van der Waals surface area contributed by atoms with Gasteiger partial charge in [-0.05, 0) is 18.4 Å². The van der Waals surface area contributed by atoms with Crippen LogP contribution >= 0.6 is 22.9 Å². The predicted octanol–water partition coefficient (Wildman–Crippen LogP) is 3.30. The summed E-state index contributed by atoms with van der Waals surface area (Å²) >= 11 is 7.31. The van der Waals surface area contributed by atoms with E-state index in [4.69, 9.17) is 11.6 Å². The van der Waals surface area contributed by atoms with E-state index in [-0.39, 0.29) is 17.0 Å². The molecule has 4 rings (SSSR count). The van der Waals surface area contributed by atoms with Gasteiger partial charge >= 0.3 is 0 Å². The molecule has 0 aliphatic carbocycles. The summed E-state index contributed by atoms with van der Waals surface area (Å²) in [6.45, 7) is 7.75. The number of carbonyl (C=O) groups is 2. The summed E-state index contributed by atoms with van der Waals surface area (Å²) < 4.78 is 1.71. The molecule has 4 aromatic rings. The average Bonchev–Trinajstić information content (AvgIpc) is 3.42. The van der Waals surface area contributed by atoms with E-state index in [1.54, 1.807) is 30.9 Å². The first-order valence-corrected chi connectivity index (χ1v) is 11.5. The van der Waals surface area contributed by atoms with Crippen LogP contribution in [-0.4, -0.2) is 46.5 Å². The molecular weight excluding hydrogens is 478 g/mol. The topological polar surface area (TPSA) is 140 Å². The Kier molecular flexibility index (Phi) is 6.28. The molecule has 0 radical (unpaired) electrons. The number of fused-ring (bicyclic) bond motifs is 1. The largest absolute Gasteiger partial charge is 0.342 e. The fraction of sp³-hybridized carbons (Fsp3) is 0.333. The molecule has 4 heterocycles. The van der Waals surface area contributed by atoms with Gasteiger partial charge in [0.15, 0.2) is 22.3 Å². The van der Waals surface area contributed by atoms with Gasteiger partial charge in [-0.2, -0.15) is 0 Å². The Morgan fingerprint density at radius 2 is 1.88 bits per heavy atom. The van der Waals surface area contributed by atoms with Crippen LogP contribution in [0.25, 0.3) is 11.2 Å². The second kappa shape index (κ2) is 9.03. The third kappa shape index (κ3) is 4.73. The number of nitrogens with one attached hydrogen (secondary N) is 2. The number of nitrogens with zero attached hydrogens (tertiary/aromatic N) is 7. The molecule has 0 fully saturated rings. The molecule has 2 amide bonds. The number of anilines is 1. The predicted molar refractivity (Wildman–Crippen MR) is 128 cm³/mol. The maximum Gasteiger partial charge on any atom is 0.272 e. The van der Waals surface area contributed by atoms with E-state index in [2.05, 4.69) is 40.8 Å². The lowest BCUT2D eigenvalue weighted by Crippen LogP contribution is -2.27. The van der Waals surface area contributed by atoms with Crippen molar-refractivity contribution in [1.29, 1.82) is 0 Å². The third-order valence-corrected chi connectivity index (χ3v) is 6.43. The molecule has 0 saturated carbocycles. The molecule has 1 unspecified atom stereocenters. The molecule has 1 atom stereocenters. The minimum absolute atomic E-state index is 0.169. The van der Waals surface area contributed by atoms with Gasteiger partial charge in [-0.15, -0.1) is 21.5 Å². The van der Waals surface area contributed by atoms with Gasteiger partial charge < -0.3 is 15.2 Å². The maximum atomic E-state index is 12.8. The monoisotopic (exact) mass is 499 g/mol. The summed E-state index contributed by atoms with van der Waals surface area (Å²) in [4.78, 5) is 42.6. The maximum absolute atomic E-state index is 12.8. The number of imidazole rings is 1. The number of amides is 2. The van der Waals surface area contributed by atoms with Crippen molar-refractivity contribution in [2.24, 2.45) is 7.05 Å². The molecule has 11 nitrogen and oxygen atoms in total. The Balaban J connectivity index is 1.46. The highest BCUT2D eigenvalue weighted by atomic mass is 35.5. The normalized spacial score (nSPS) is 12.5. The van der Waals surface area contributed by atoms with Crippen molar-refractivity contribution in [3.8, 4) is 0 Å². The summed E-state index contributed by atoms with van der Waals surface area (Å²) in [6.07, 6.45) is 4.34. The highest BCUT2D eigenvalue weighted by molar-refractivity contribution is 7.13. The van der Waals surface area contributed by atoms with Gasteiger partial charge in [0, 0.05) is 12.6 Å². The molecule has 0 aromatic carbocycles. The van der Waals surface area contributed by atoms with Crippen LogP contribution in [0.15, 0.2) is 24.9 Å². The molecule has 176 valence electrons. The quantitative estimate of drug-likeness (QED) is 0.426. The van der Waals surface area contributed by atoms with E-state index in [1.165, 1.54) is 12.5 Å². The second-order valence-corrected chi connectivity index (χ2v) is 10.1. The number of thiazole rings is 1. The Morgan fingerprint density at radius 3 is 2.62 bits per heavy atom. The first kappa shape index (κ1) is 23.6. The Morgan fingerprint density at radius 1 is 1.12 bits per heavy atom. The molecule has 0 spiro atoms. The van der Waals surface area contributed by atoms with Gasteiger partial charge in [0.2, 0.25) is 0 Å². The highest BCUT2D eigenvalue weighted by Crippen LogP contribution is 2.29. The standard InChI is InChI=1S/C21H22ClN9O2S/c1-10(27-19(33)15-14-17(25-8-24-15)31(5)9-26-14)20-23-7-12(34-20)18(32)28-13-6-11(21(2,3)4)16(22)30-29-13/h6-10H,1-5H3,(H,27,33)(H,28,29,32). The molecular formula is C21H22ClN9O2S. The minimum Gasteiger partial charge on any atom is -0.342 e. The number of aryl methyl sites for hydroxylation is 1.